The average Bonchev–Trinajstić information content (AvgIpc) is 2.34. The third-order valence-electron chi connectivity index (χ3n) is 2.46. The van der Waals surface area contributed by atoms with Gasteiger partial charge in [0.2, 0.25) is 0 Å². The average molecular weight is 288 g/mol. The predicted octanol–water partition coefficient (Wildman–Crippen LogP) is 2.05. The maximum Gasteiger partial charge on any atom is 0.159 e. The third kappa shape index (κ3) is 7.15. The van der Waals surface area contributed by atoms with Gasteiger partial charge in [0.05, 0.1) is 0 Å². The second-order valence-electron chi connectivity index (χ2n) is 4.61. The first-order chi connectivity index (χ1) is 8.49. The lowest BCUT2D eigenvalue weighted by Gasteiger charge is -2.15. The summed E-state index contributed by atoms with van der Waals surface area (Å²) < 4.78 is 5.43. The molecule has 0 aliphatic rings. The van der Waals surface area contributed by atoms with E-state index in [-0.39, 0.29) is 24.8 Å². The fourth-order valence-corrected chi connectivity index (χ4v) is 1.41. The van der Waals surface area contributed by atoms with Crippen molar-refractivity contribution in [1.82, 2.24) is 5.32 Å². The highest BCUT2D eigenvalue weighted by atomic mass is 35.5. The van der Waals surface area contributed by atoms with E-state index in [1.54, 1.807) is 24.3 Å². The van der Waals surface area contributed by atoms with E-state index in [0.717, 1.165) is 0 Å². The number of hydrogen-bond donors (Lipinski definition) is 2. The van der Waals surface area contributed by atoms with Crippen molar-refractivity contribution < 1.29 is 14.6 Å². The monoisotopic (exact) mass is 287 g/mol. The highest BCUT2D eigenvalue weighted by molar-refractivity contribution is 5.94. The van der Waals surface area contributed by atoms with Crippen LogP contribution in [0.4, 0.5) is 0 Å². The molecule has 1 aromatic rings. The van der Waals surface area contributed by atoms with Gasteiger partial charge in [0, 0.05) is 18.2 Å². The number of ether oxygens (including phenoxy) is 1. The molecule has 0 aliphatic heterocycles. The van der Waals surface area contributed by atoms with Crippen molar-refractivity contribution in [1.29, 1.82) is 0 Å². The summed E-state index contributed by atoms with van der Waals surface area (Å²) in [4.78, 5) is 11.1. The molecule has 19 heavy (non-hydrogen) atoms. The van der Waals surface area contributed by atoms with Crippen LogP contribution in [-0.2, 0) is 0 Å². The summed E-state index contributed by atoms with van der Waals surface area (Å²) in [6, 6.07) is 7.25. The van der Waals surface area contributed by atoms with Crippen LogP contribution in [0.2, 0.25) is 0 Å². The summed E-state index contributed by atoms with van der Waals surface area (Å²) in [5, 5.41) is 12.8. The SMILES string of the molecule is CC(=O)c1ccc(OCC(O)CNC(C)C)cc1.Cl. The van der Waals surface area contributed by atoms with Crippen molar-refractivity contribution in [2.24, 2.45) is 0 Å². The van der Waals surface area contributed by atoms with Crippen molar-refractivity contribution in [3.05, 3.63) is 29.8 Å². The number of nitrogens with one attached hydrogen (secondary N) is 1. The van der Waals surface area contributed by atoms with Gasteiger partial charge in [0.25, 0.3) is 0 Å². The molecule has 1 atom stereocenters. The molecule has 1 rings (SSSR count). The number of aliphatic hydroxyl groups excluding tert-OH is 1. The highest BCUT2D eigenvalue weighted by Gasteiger charge is 2.06. The quantitative estimate of drug-likeness (QED) is 0.754. The molecule has 0 aromatic heterocycles. The molecule has 0 spiro atoms. The number of carbonyl (C=O) groups excluding carboxylic acids is 1. The Morgan fingerprint density at radius 3 is 2.37 bits per heavy atom. The van der Waals surface area contributed by atoms with Crippen molar-refractivity contribution in [3.63, 3.8) is 0 Å². The van der Waals surface area contributed by atoms with Crippen LogP contribution in [0.25, 0.3) is 0 Å². The van der Waals surface area contributed by atoms with Crippen molar-refractivity contribution in [2.75, 3.05) is 13.2 Å². The zero-order valence-electron chi connectivity index (χ0n) is 11.6. The fourth-order valence-electron chi connectivity index (χ4n) is 1.41. The molecule has 0 amide bonds. The predicted molar refractivity (Wildman–Crippen MR) is 78.3 cm³/mol. The van der Waals surface area contributed by atoms with E-state index in [0.29, 0.717) is 23.9 Å². The van der Waals surface area contributed by atoms with Crippen molar-refractivity contribution in [2.45, 2.75) is 32.9 Å². The molecule has 0 saturated heterocycles. The molecule has 4 nitrogen and oxygen atoms in total. The zero-order chi connectivity index (χ0) is 13.5. The van der Waals surface area contributed by atoms with E-state index in [1.807, 2.05) is 13.8 Å². The number of rotatable bonds is 7. The molecule has 108 valence electrons. The van der Waals surface area contributed by atoms with E-state index in [4.69, 9.17) is 4.74 Å². The molecule has 0 aliphatic carbocycles. The zero-order valence-corrected chi connectivity index (χ0v) is 12.4. The second-order valence-corrected chi connectivity index (χ2v) is 4.61. The van der Waals surface area contributed by atoms with Gasteiger partial charge in [-0.05, 0) is 31.2 Å². The van der Waals surface area contributed by atoms with Gasteiger partial charge in [-0.1, -0.05) is 13.8 Å². The van der Waals surface area contributed by atoms with Gasteiger partial charge in [-0.25, -0.2) is 0 Å². The first-order valence-corrected chi connectivity index (χ1v) is 6.14. The minimum atomic E-state index is -0.542. The molecule has 0 bridgehead atoms. The van der Waals surface area contributed by atoms with Crippen LogP contribution >= 0.6 is 12.4 Å². The molecule has 2 N–H and O–H groups in total. The molecule has 1 unspecified atom stereocenters. The lowest BCUT2D eigenvalue weighted by molar-refractivity contribution is 0.101. The summed E-state index contributed by atoms with van der Waals surface area (Å²) in [5.41, 5.74) is 0.657. The minimum absolute atomic E-state index is 0. The van der Waals surface area contributed by atoms with Gasteiger partial charge >= 0.3 is 0 Å². The van der Waals surface area contributed by atoms with Gasteiger partial charge in [-0.3, -0.25) is 4.79 Å². The largest absolute Gasteiger partial charge is 0.491 e. The smallest absolute Gasteiger partial charge is 0.159 e. The van der Waals surface area contributed by atoms with E-state index in [1.165, 1.54) is 6.92 Å². The van der Waals surface area contributed by atoms with E-state index in [9.17, 15) is 9.90 Å². The first kappa shape index (κ1) is 17.9. The summed E-state index contributed by atoms with van der Waals surface area (Å²) in [6.07, 6.45) is -0.542. The molecule has 5 heteroatoms. The molecule has 0 heterocycles. The Hall–Kier alpha value is -1.10. The van der Waals surface area contributed by atoms with E-state index in [2.05, 4.69) is 5.32 Å². The number of Topliss-reactive ketones (excluding diaryl/α,β-unsaturated/α-hetero) is 1. The number of ketones is 1. The number of hydrogen-bond acceptors (Lipinski definition) is 4. The number of carbonyl (C=O) groups is 1. The topological polar surface area (TPSA) is 58.6 Å². The molecule has 0 radical (unpaired) electrons. The van der Waals surface area contributed by atoms with E-state index < -0.39 is 6.10 Å². The maximum absolute atomic E-state index is 11.1. The summed E-state index contributed by atoms with van der Waals surface area (Å²) in [5.74, 6) is 0.686. The second kappa shape index (κ2) is 8.91. The van der Waals surface area contributed by atoms with Crippen molar-refractivity contribution >= 4 is 18.2 Å². The van der Waals surface area contributed by atoms with Gasteiger partial charge in [-0.15, -0.1) is 12.4 Å². The van der Waals surface area contributed by atoms with Gasteiger partial charge < -0.3 is 15.2 Å². The van der Waals surface area contributed by atoms with Gasteiger partial charge in [0.15, 0.2) is 5.78 Å². The lowest BCUT2D eigenvalue weighted by atomic mass is 10.1. The highest BCUT2D eigenvalue weighted by Crippen LogP contribution is 2.12. The van der Waals surface area contributed by atoms with E-state index >= 15 is 0 Å². The molecule has 1 aromatic carbocycles. The van der Waals surface area contributed by atoms with Crippen LogP contribution in [-0.4, -0.2) is 36.2 Å². The van der Waals surface area contributed by atoms with Crippen molar-refractivity contribution in [3.8, 4) is 5.75 Å². The number of halogens is 1. The summed E-state index contributed by atoms with van der Waals surface area (Å²) in [7, 11) is 0. The lowest BCUT2D eigenvalue weighted by Crippen LogP contribution is -2.35. The summed E-state index contributed by atoms with van der Waals surface area (Å²) >= 11 is 0. The van der Waals surface area contributed by atoms with Crippen LogP contribution in [0.5, 0.6) is 5.75 Å². The summed E-state index contributed by atoms with van der Waals surface area (Å²) in [6.45, 7) is 6.31. The number of aliphatic hydroxyl groups is 1. The Bertz CT molecular complexity index is 379. The Kier molecular flexibility index (Phi) is 8.39. The third-order valence-corrected chi connectivity index (χ3v) is 2.46. The molecule has 0 saturated carbocycles. The molecule has 0 fully saturated rings. The molecular formula is C14H22ClNO3. The van der Waals surface area contributed by atoms with Gasteiger partial charge in [0.1, 0.15) is 18.5 Å². The Morgan fingerprint density at radius 2 is 1.89 bits per heavy atom. The standard InChI is InChI=1S/C14H21NO3.ClH/c1-10(2)15-8-13(17)9-18-14-6-4-12(5-7-14)11(3)16;/h4-7,10,13,15,17H,8-9H2,1-3H3;1H. The Morgan fingerprint density at radius 1 is 1.32 bits per heavy atom. The normalized spacial score (nSPS) is 11.8. The number of benzene rings is 1. The Balaban J connectivity index is 0.00000324. The first-order valence-electron chi connectivity index (χ1n) is 6.14. The minimum Gasteiger partial charge on any atom is -0.491 e. The van der Waals surface area contributed by atoms with Crippen LogP contribution in [0.15, 0.2) is 24.3 Å². The maximum atomic E-state index is 11.1. The van der Waals surface area contributed by atoms with Crippen LogP contribution < -0.4 is 10.1 Å². The van der Waals surface area contributed by atoms with Gasteiger partial charge in [-0.2, -0.15) is 0 Å². The van der Waals surface area contributed by atoms with Crippen LogP contribution in [0, 0.1) is 0 Å². The van der Waals surface area contributed by atoms with Crippen LogP contribution in [0.1, 0.15) is 31.1 Å². The van der Waals surface area contributed by atoms with Crippen LogP contribution in [0.3, 0.4) is 0 Å². The molecular weight excluding hydrogens is 266 g/mol. The fraction of sp³-hybridized carbons (Fsp3) is 0.500. The Labute approximate surface area is 120 Å².